The molecule has 1 aromatic carbocycles. The van der Waals surface area contributed by atoms with Crippen molar-refractivity contribution in [3.05, 3.63) is 28.8 Å². The van der Waals surface area contributed by atoms with E-state index < -0.39 is 6.61 Å². The fourth-order valence-electron chi connectivity index (χ4n) is 2.89. The maximum Gasteiger partial charge on any atom is 0.409 e. The van der Waals surface area contributed by atoms with E-state index in [1.165, 1.54) is 12.1 Å². The van der Waals surface area contributed by atoms with Crippen molar-refractivity contribution >= 4 is 47.6 Å². The van der Waals surface area contributed by atoms with Gasteiger partial charge in [0, 0.05) is 43.3 Å². The molecular formula is C18H26ClF2IN4O3. The summed E-state index contributed by atoms with van der Waals surface area (Å²) in [6, 6.07) is 4.60. The minimum Gasteiger partial charge on any atom is -0.450 e. The fraction of sp³-hybridized carbons (Fsp3) is 0.556. The quantitative estimate of drug-likeness (QED) is 0.322. The van der Waals surface area contributed by atoms with Gasteiger partial charge in [-0.3, -0.25) is 4.99 Å². The summed E-state index contributed by atoms with van der Waals surface area (Å²) in [6.07, 6.45) is 1.20. The summed E-state index contributed by atoms with van der Waals surface area (Å²) in [5.74, 6) is 0.586. The molecule has 0 aliphatic carbocycles. The van der Waals surface area contributed by atoms with Crippen LogP contribution in [-0.2, 0) is 11.3 Å². The van der Waals surface area contributed by atoms with E-state index in [-0.39, 0.29) is 48.4 Å². The Bertz CT molecular complexity index is 689. The van der Waals surface area contributed by atoms with Crippen LogP contribution in [0.15, 0.2) is 23.2 Å². The number of hydrogen-bond donors (Lipinski definition) is 2. The third-order valence-corrected chi connectivity index (χ3v) is 4.51. The van der Waals surface area contributed by atoms with Crippen LogP contribution in [0.3, 0.4) is 0 Å². The highest BCUT2D eigenvalue weighted by Gasteiger charge is 2.24. The third kappa shape index (κ3) is 8.37. The Morgan fingerprint density at radius 1 is 1.38 bits per heavy atom. The zero-order valence-corrected chi connectivity index (χ0v) is 19.4. The van der Waals surface area contributed by atoms with Crippen molar-refractivity contribution in [1.82, 2.24) is 15.5 Å². The van der Waals surface area contributed by atoms with Crippen LogP contribution in [0.5, 0.6) is 5.75 Å². The molecule has 7 nitrogen and oxygen atoms in total. The molecule has 29 heavy (non-hydrogen) atoms. The van der Waals surface area contributed by atoms with Crippen LogP contribution < -0.4 is 15.4 Å². The molecule has 2 N–H and O–H groups in total. The SMILES string of the molecule is CCOC(=O)N1CCC(NC(=NC)NCc2cc(Cl)ccc2OC(F)F)CC1.I. The molecule has 11 heteroatoms. The van der Waals surface area contributed by atoms with Crippen molar-refractivity contribution in [3.63, 3.8) is 0 Å². The number of rotatable bonds is 6. The van der Waals surface area contributed by atoms with Gasteiger partial charge in [0.1, 0.15) is 5.75 Å². The van der Waals surface area contributed by atoms with Crippen LogP contribution in [0, 0.1) is 0 Å². The molecule has 2 rings (SSSR count). The van der Waals surface area contributed by atoms with Gasteiger partial charge < -0.3 is 25.0 Å². The number of amides is 1. The predicted molar refractivity (Wildman–Crippen MR) is 118 cm³/mol. The second-order valence-corrected chi connectivity index (χ2v) is 6.60. The summed E-state index contributed by atoms with van der Waals surface area (Å²) in [6.45, 7) is 0.613. The molecule has 0 unspecified atom stereocenters. The Hall–Kier alpha value is -1.56. The molecule has 1 aliphatic heterocycles. The summed E-state index contributed by atoms with van der Waals surface area (Å²) < 4.78 is 34.7. The third-order valence-electron chi connectivity index (χ3n) is 4.27. The van der Waals surface area contributed by atoms with E-state index in [0.717, 1.165) is 12.8 Å². The number of likely N-dealkylation sites (tertiary alicyclic amines) is 1. The van der Waals surface area contributed by atoms with Crippen LogP contribution in [0.4, 0.5) is 13.6 Å². The number of ether oxygens (including phenoxy) is 2. The Kier molecular flexibility index (Phi) is 11.3. The first kappa shape index (κ1) is 25.5. The molecule has 0 spiro atoms. The van der Waals surface area contributed by atoms with Gasteiger partial charge >= 0.3 is 12.7 Å². The molecule has 1 fully saturated rings. The molecule has 0 atom stereocenters. The standard InChI is InChI=1S/C18H25ClF2N4O3.HI/c1-3-27-18(26)25-8-6-14(7-9-25)24-17(22-2)23-11-12-10-13(19)4-5-15(12)28-16(20)21;/h4-5,10,14,16H,3,6-9,11H2,1-2H3,(H2,22,23,24);1H. The second kappa shape index (κ2) is 12.9. The lowest BCUT2D eigenvalue weighted by atomic mass is 10.1. The number of nitrogens with zero attached hydrogens (tertiary/aromatic N) is 2. The van der Waals surface area contributed by atoms with Gasteiger partial charge in [-0.1, -0.05) is 11.6 Å². The summed E-state index contributed by atoms with van der Waals surface area (Å²) >= 11 is 5.96. The summed E-state index contributed by atoms with van der Waals surface area (Å²) in [4.78, 5) is 17.6. The average Bonchev–Trinajstić information content (AvgIpc) is 2.67. The topological polar surface area (TPSA) is 75.2 Å². The Labute approximate surface area is 191 Å². The monoisotopic (exact) mass is 546 g/mol. The Morgan fingerprint density at radius 3 is 2.66 bits per heavy atom. The van der Waals surface area contributed by atoms with Gasteiger partial charge in [0.15, 0.2) is 5.96 Å². The van der Waals surface area contributed by atoms with Crippen molar-refractivity contribution in [2.45, 2.75) is 39.0 Å². The highest BCUT2D eigenvalue weighted by molar-refractivity contribution is 14.0. The summed E-state index contributed by atoms with van der Waals surface area (Å²) in [7, 11) is 1.62. The highest BCUT2D eigenvalue weighted by atomic mass is 127. The van der Waals surface area contributed by atoms with E-state index in [4.69, 9.17) is 16.3 Å². The maximum absolute atomic E-state index is 12.6. The number of carbonyl (C=O) groups excluding carboxylic acids is 1. The van der Waals surface area contributed by atoms with E-state index in [0.29, 0.717) is 36.2 Å². The molecule has 164 valence electrons. The first-order valence-electron chi connectivity index (χ1n) is 9.05. The second-order valence-electron chi connectivity index (χ2n) is 6.16. The number of guanidine groups is 1. The lowest BCUT2D eigenvalue weighted by molar-refractivity contribution is -0.0504. The molecular weight excluding hydrogens is 521 g/mol. The molecule has 0 aromatic heterocycles. The van der Waals surface area contributed by atoms with E-state index >= 15 is 0 Å². The van der Waals surface area contributed by atoms with E-state index in [1.54, 1.807) is 24.9 Å². The minimum absolute atomic E-state index is 0. The molecule has 0 radical (unpaired) electrons. The van der Waals surface area contributed by atoms with E-state index in [1.807, 2.05) is 0 Å². The molecule has 1 saturated heterocycles. The van der Waals surface area contributed by atoms with Crippen molar-refractivity contribution < 1.29 is 23.0 Å². The van der Waals surface area contributed by atoms with Crippen LogP contribution in [-0.4, -0.2) is 56.4 Å². The predicted octanol–water partition coefficient (Wildman–Crippen LogP) is 3.85. The lowest BCUT2D eigenvalue weighted by Crippen LogP contribution is -2.49. The number of hydrogen-bond acceptors (Lipinski definition) is 4. The van der Waals surface area contributed by atoms with Gasteiger partial charge in [0.2, 0.25) is 0 Å². The van der Waals surface area contributed by atoms with Crippen LogP contribution >= 0.6 is 35.6 Å². The lowest BCUT2D eigenvalue weighted by Gasteiger charge is -2.32. The Morgan fingerprint density at radius 2 is 2.07 bits per heavy atom. The largest absolute Gasteiger partial charge is 0.450 e. The van der Waals surface area contributed by atoms with Crippen molar-refractivity contribution in [3.8, 4) is 5.75 Å². The first-order chi connectivity index (χ1) is 13.4. The van der Waals surface area contributed by atoms with Crippen LogP contribution in [0.2, 0.25) is 5.02 Å². The van der Waals surface area contributed by atoms with Crippen molar-refractivity contribution in [1.29, 1.82) is 0 Å². The number of halogens is 4. The zero-order valence-electron chi connectivity index (χ0n) is 16.3. The van der Waals surface area contributed by atoms with Gasteiger partial charge in [0.05, 0.1) is 6.61 Å². The van der Waals surface area contributed by atoms with Crippen molar-refractivity contribution in [2.24, 2.45) is 4.99 Å². The molecule has 1 aliphatic rings. The first-order valence-corrected chi connectivity index (χ1v) is 9.42. The summed E-state index contributed by atoms with van der Waals surface area (Å²) in [5, 5.41) is 6.78. The molecule has 1 heterocycles. The number of carbonyl (C=O) groups is 1. The Balaban J connectivity index is 0.00000420. The van der Waals surface area contributed by atoms with Crippen LogP contribution in [0.25, 0.3) is 0 Å². The molecule has 0 saturated carbocycles. The highest BCUT2D eigenvalue weighted by Crippen LogP contribution is 2.24. The number of benzene rings is 1. The fourth-order valence-corrected chi connectivity index (χ4v) is 3.08. The average molecular weight is 547 g/mol. The smallest absolute Gasteiger partial charge is 0.409 e. The zero-order chi connectivity index (χ0) is 20.5. The number of piperidine rings is 1. The van der Waals surface area contributed by atoms with Crippen molar-refractivity contribution in [2.75, 3.05) is 26.7 Å². The van der Waals surface area contributed by atoms with Crippen LogP contribution in [0.1, 0.15) is 25.3 Å². The van der Waals surface area contributed by atoms with Gasteiger partial charge in [0.25, 0.3) is 0 Å². The van der Waals surface area contributed by atoms with Gasteiger partial charge in [-0.05, 0) is 38.0 Å². The van der Waals surface area contributed by atoms with Gasteiger partial charge in [-0.25, -0.2) is 4.79 Å². The number of alkyl halides is 2. The summed E-state index contributed by atoms with van der Waals surface area (Å²) in [5.41, 5.74) is 0.493. The maximum atomic E-state index is 12.6. The van der Waals surface area contributed by atoms with Gasteiger partial charge in [-0.15, -0.1) is 24.0 Å². The van der Waals surface area contributed by atoms with Gasteiger partial charge in [-0.2, -0.15) is 8.78 Å². The van der Waals surface area contributed by atoms with E-state index in [9.17, 15) is 13.6 Å². The number of aliphatic imine (C=N–C) groups is 1. The molecule has 0 bridgehead atoms. The minimum atomic E-state index is -2.91. The number of nitrogens with one attached hydrogen (secondary N) is 2. The van der Waals surface area contributed by atoms with E-state index in [2.05, 4.69) is 20.4 Å². The molecule has 1 amide bonds. The normalized spacial score (nSPS) is 15.0. The molecule has 1 aromatic rings.